The number of nitrogens with one attached hydrogen (secondary N) is 2. The SMILES string of the molecule is Cc1csc(C(=O)NCCN2CCNCC2)c1Cl.Cl. The molecule has 1 saturated heterocycles. The number of hydrogen-bond acceptors (Lipinski definition) is 4. The standard InChI is InChI=1S/C12H18ClN3OS.ClH/c1-9-8-18-11(10(9)13)12(17)15-4-7-16-5-2-14-3-6-16;/h8,14H,2-7H2,1H3,(H,15,17);1H. The number of piperazine rings is 1. The van der Waals surface area contributed by atoms with Gasteiger partial charge in [0, 0.05) is 39.3 Å². The minimum absolute atomic E-state index is 0. The van der Waals surface area contributed by atoms with Crippen LogP contribution in [0.25, 0.3) is 0 Å². The van der Waals surface area contributed by atoms with Gasteiger partial charge in [-0.05, 0) is 17.9 Å². The van der Waals surface area contributed by atoms with Gasteiger partial charge >= 0.3 is 0 Å². The molecule has 1 aliphatic rings. The van der Waals surface area contributed by atoms with Crippen LogP contribution in [0, 0.1) is 6.92 Å². The Labute approximate surface area is 128 Å². The molecule has 1 aromatic heterocycles. The molecule has 108 valence electrons. The van der Waals surface area contributed by atoms with Gasteiger partial charge in [0.05, 0.1) is 5.02 Å². The summed E-state index contributed by atoms with van der Waals surface area (Å²) in [7, 11) is 0. The van der Waals surface area contributed by atoms with E-state index in [0.29, 0.717) is 16.4 Å². The molecule has 7 heteroatoms. The van der Waals surface area contributed by atoms with Crippen molar-refractivity contribution in [2.24, 2.45) is 0 Å². The van der Waals surface area contributed by atoms with E-state index in [1.807, 2.05) is 12.3 Å². The van der Waals surface area contributed by atoms with Crippen LogP contribution in [0.3, 0.4) is 0 Å². The van der Waals surface area contributed by atoms with E-state index in [2.05, 4.69) is 15.5 Å². The van der Waals surface area contributed by atoms with Crippen LogP contribution in [0.15, 0.2) is 5.38 Å². The lowest BCUT2D eigenvalue weighted by Crippen LogP contribution is -2.46. The van der Waals surface area contributed by atoms with E-state index in [4.69, 9.17) is 11.6 Å². The van der Waals surface area contributed by atoms with E-state index < -0.39 is 0 Å². The molecule has 0 unspecified atom stereocenters. The van der Waals surface area contributed by atoms with Crippen molar-refractivity contribution in [1.82, 2.24) is 15.5 Å². The van der Waals surface area contributed by atoms with Crippen molar-refractivity contribution in [3.8, 4) is 0 Å². The second-order valence-electron chi connectivity index (χ2n) is 4.41. The summed E-state index contributed by atoms with van der Waals surface area (Å²) in [6.07, 6.45) is 0. The molecule has 0 atom stereocenters. The number of halogens is 2. The molecule has 2 N–H and O–H groups in total. The van der Waals surface area contributed by atoms with Gasteiger partial charge in [0.1, 0.15) is 4.88 Å². The first-order chi connectivity index (χ1) is 8.68. The lowest BCUT2D eigenvalue weighted by Gasteiger charge is -2.27. The van der Waals surface area contributed by atoms with Crippen molar-refractivity contribution >= 4 is 41.3 Å². The van der Waals surface area contributed by atoms with Crippen LogP contribution in [0.4, 0.5) is 0 Å². The van der Waals surface area contributed by atoms with Crippen LogP contribution in [0.2, 0.25) is 5.02 Å². The third-order valence-corrected chi connectivity index (χ3v) is 4.72. The highest BCUT2D eigenvalue weighted by Gasteiger charge is 2.15. The fourth-order valence-corrected chi connectivity index (χ4v) is 3.12. The van der Waals surface area contributed by atoms with Crippen LogP contribution >= 0.6 is 35.3 Å². The zero-order valence-corrected chi connectivity index (χ0v) is 13.3. The molecule has 1 amide bonds. The van der Waals surface area contributed by atoms with E-state index in [-0.39, 0.29) is 18.3 Å². The monoisotopic (exact) mass is 323 g/mol. The summed E-state index contributed by atoms with van der Waals surface area (Å²) in [5.41, 5.74) is 0.967. The highest BCUT2D eigenvalue weighted by Crippen LogP contribution is 2.26. The number of thiophene rings is 1. The van der Waals surface area contributed by atoms with Gasteiger partial charge in [-0.25, -0.2) is 0 Å². The summed E-state index contributed by atoms with van der Waals surface area (Å²) in [5.74, 6) is -0.0618. The van der Waals surface area contributed by atoms with Crippen molar-refractivity contribution in [1.29, 1.82) is 0 Å². The van der Waals surface area contributed by atoms with Gasteiger partial charge < -0.3 is 10.6 Å². The Morgan fingerprint density at radius 1 is 1.53 bits per heavy atom. The smallest absolute Gasteiger partial charge is 0.262 e. The van der Waals surface area contributed by atoms with Crippen LogP contribution in [0.1, 0.15) is 15.2 Å². The summed E-state index contributed by atoms with van der Waals surface area (Å²) in [6, 6.07) is 0. The van der Waals surface area contributed by atoms with E-state index in [0.717, 1.165) is 38.3 Å². The predicted octanol–water partition coefficient (Wildman–Crippen LogP) is 1.77. The molecule has 1 fully saturated rings. The molecule has 0 aliphatic carbocycles. The lowest BCUT2D eigenvalue weighted by atomic mass is 10.3. The first kappa shape index (κ1) is 16.7. The molecule has 0 saturated carbocycles. The molecule has 1 aromatic rings. The fraction of sp³-hybridized carbons (Fsp3) is 0.583. The molecule has 4 nitrogen and oxygen atoms in total. The molecule has 0 aromatic carbocycles. The van der Waals surface area contributed by atoms with Crippen LogP contribution in [0.5, 0.6) is 0 Å². The Bertz CT molecular complexity index is 419. The van der Waals surface area contributed by atoms with E-state index in [9.17, 15) is 4.79 Å². The largest absolute Gasteiger partial charge is 0.350 e. The average Bonchev–Trinajstić information content (AvgIpc) is 2.71. The van der Waals surface area contributed by atoms with Crippen LogP contribution in [-0.4, -0.2) is 50.1 Å². The Kier molecular flexibility index (Phi) is 7.10. The van der Waals surface area contributed by atoms with Crippen molar-refractivity contribution in [2.45, 2.75) is 6.92 Å². The molecule has 2 rings (SSSR count). The molecular weight excluding hydrogens is 305 g/mol. The maximum atomic E-state index is 11.9. The molecule has 2 heterocycles. The Morgan fingerprint density at radius 2 is 2.21 bits per heavy atom. The van der Waals surface area contributed by atoms with E-state index in [1.54, 1.807) is 0 Å². The fourth-order valence-electron chi connectivity index (χ4n) is 1.93. The second-order valence-corrected chi connectivity index (χ2v) is 5.67. The normalized spacial score (nSPS) is 15.9. The maximum Gasteiger partial charge on any atom is 0.262 e. The molecule has 0 bridgehead atoms. The zero-order valence-electron chi connectivity index (χ0n) is 10.9. The first-order valence-corrected chi connectivity index (χ1v) is 7.39. The minimum atomic E-state index is -0.0618. The predicted molar refractivity (Wildman–Crippen MR) is 83.0 cm³/mol. The first-order valence-electron chi connectivity index (χ1n) is 6.13. The number of nitrogens with zero attached hydrogens (tertiary/aromatic N) is 1. The van der Waals surface area contributed by atoms with Gasteiger partial charge in [-0.2, -0.15) is 0 Å². The third kappa shape index (κ3) is 4.61. The van der Waals surface area contributed by atoms with Crippen molar-refractivity contribution < 1.29 is 4.79 Å². The van der Waals surface area contributed by atoms with Gasteiger partial charge in [-0.1, -0.05) is 11.6 Å². The van der Waals surface area contributed by atoms with Gasteiger partial charge in [0.2, 0.25) is 0 Å². The summed E-state index contributed by atoms with van der Waals surface area (Å²) in [6.45, 7) is 7.65. The maximum absolute atomic E-state index is 11.9. The number of aryl methyl sites for hydroxylation is 1. The Hall–Kier alpha value is -0.330. The number of rotatable bonds is 4. The summed E-state index contributed by atoms with van der Waals surface area (Å²) in [4.78, 5) is 14.9. The molecule has 0 radical (unpaired) electrons. The van der Waals surface area contributed by atoms with Gasteiger partial charge in [0.25, 0.3) is 5.91 Å². The number of carbonyl (C=O) groups excluding carboxylic acids is 1. The number of carbonyl (C=O) groups is 1. The average molecular weight is 324 g/mol. The molecule has 0 spiro atoms. The number of amides is 1. The van der Waals surface area contributed by atoms with Crippen molar-refractivity contribution in [2.75, 3.05) is 39.3 Å². The molecule has 19 heavy (non-hydrogen) atoms. The van der Waals surface area contributed by atoms with E-state index in [1.165, 1.54) is 11.3 Å². The highest BCUT2D eigenvalue weighted by molar-refractivity contribution is 7.13. The molecular formula is C12H19Cl2N3OS. The topological polar surface area (TPSA) is 44.4 Å². The number of hydrogen-bond donors (Lipinski definition) is 2. The summed E-state index contributed by atoms with van der Waals surface area (Å²) in [5, 5.41) is 8.72. The molecule has 1 aliphatic heterocycles. The Balaban J connectivity index is 0.00000180. The van der Waals surface area contributed by atoms with Crippen molar-refractivity contribution in [3.05, 3.63) is 20.8 Å². The van der Waals surface area contributed by atoms with Gasteiger partial charge in [-0.3, -0.25) is 9.69 Å². The summed E-state index contributed by atoms with van der Waals surface area (Å²) < 4.78 is 0. The Morgan fingerprint density at radius 3 is 2.79 bits per heavy atom. The van der Waals surface area contributed by atoms with Gasteiger partial charge in [-0.15, -0.1) is 23.7 Å². The second kappa shape index (κ2) is 8.07. The summed E-state index contributed by atoms with van der Waals surface area (Å²) >= 11 is 7.46. The van der Waals surface area contributed by atoms with Gasteiger partial charge in [0.15, 0.2) is 0 Å². The van der Waals surface area contributed by atoms with Crippen LogP contribution < -0.4 is 10.6 Å². The minimum Gasteiger partial charge on any atom is -0.350 e. The quantitative estimate of drug-likeness (QED) is 0.887. The zero-order chi connectivity index (χ0) is 13.0. The van der Waals surface area contributed by atoms with E-state index >= 15 is 0 Å². The third-order valence-electron chi connectivity index (χ3n) is 3.03. The van der Waals surface area contributed by atoms with Crippen LogP contribution in [-0.2, 0) is 0 Å². The highest BCUT2D eigenvalue weighted by atomic mass is 35.5. The lowest BCUT2D eigenvalue weighted by molar-refractivity contribution is 0.0951. The van der Waals surface area contributed by atoms with Crippen molar-refractivity contribution in [3.63, 3.8) is 0 Å².